The van der Waals surface area contributed by atoms with Gasteiger partial charge in [0.15, 0.2) is 0 Å². The van der Waals surface area contributed by atoms with Crippen LogP contribution < -0.4 is 0 Å². The molecule has 3 atom stereocenters. The van der Waals surface area contributed by atoms with Gasteiger partial charge in [-0.3, -0.25) is 0 Å². The second-order valence-electron chi connectivity index (χ2n) is 4.79. The highest BCUT2D eigenvalue weighted by molar-refractivity contribution is 5.27. The van der Waals surface area contributed by atoms with E-state index in [-0.39, 0.29) is 0 Å². The van der Waals surface area contributed by atoms with Gasteiger partial charge in [0.1, 0.15) is 0 Å². The van der Waals surface area contributed by atoms with Crippen LogP contribution in [0.5, 0.6) is 0 Å². The molecule has 1 N–H and O–H groups in total. The van der Waals surface area contributed by atoms with Crippen molar-refractivity contribution in [3.63, 3.8) is 0 Å². The zero-order valence-corrected chi connectivity index (χ0v) is 8.32. The molecule has 0 amide bonds. The second kappa shape index (κ2) is 2.83. The van der Waals surface area contributed by atoms with Crippen LogP contribution >= 0.6 is 0 Å². The molecule has 1 nitrogen and oxygen atoms in total. The summed E-state index contributed by atoms with van der Waals surface area (Å²) in [4.78, 5) is 0. The maximum Gasteiger partial charge on any atom is 0.0930 e. The first-order valence-electron chi connectivity index (χ1n) is 5.58. The Morgan fingerprint density at radius 2 is 1.93 bits per heavy atom. The summed E-state index contributed by atoms with van der Waals surface area (Å²) >= 11 is 0. The molecule has 2 saturated carbocycles. The summed E-state index contributed by atoms with van der Waals surface area (Å²) in [6.45, 7) is 0. The van der Waals surface area contributed by atoms with Gasteiger partial charge in [0, 0.05) is 0 Å². The number of hydrogen-bond acceptors (Lipinski definition) is 1. The maximum absolute atomic E-state index is 10.6. The van der Waals surface area contributed by atoms with E-state index in [0.29, 0.717) is 5.92 Å². The fraction of sp³-hybridized carbons (Fsp3) is 0.538. The average Bonchev–Trinajstić information content (AvgIpc) is 2.61. The van der Waals surface area contributed by atoms with Crippen molar-refractivity contribution < 1.29 is 5.11 Å². The van der Waals surface area contributed by atoms with E-state index < -0.39 is 5.60 Å². The van der Waals surface area contributed by atoms with Crippen molar-refractivity contribution in [1.29, 1.82) is 0 Å². The van der Waals surface area contributed by atoms with Gasteiger partial charge in [-0.1, -0.05) is 36.8 Å². The zero-order chi connectivity index (χ0) is 9.60. The van der Waals surface area contributed by atoms with Gasteiger partial charge in [-0.05, 0) is 36.7 Å². The van der Waals surface area contributed by atoms with E-state index in [0.717, 1.165) is 17.9 Å². The van der Waals surface area contributed by atoms with Gasteiger partial charge in [0.25, 0.3) is 0 Å². The Bertz CT molecular complexity index is 332. The molecule has 0 aromatic heterocycles. The summed E-state index contributed by atoms with van der Waals surface area (Å²) < 4.78 is 0. The Hall–Kier alpha value is -0.820. The van der Waals surface area contributed by atoms with Crippen molar-refractivity contribution in [2.24, 2.45) is 11.8 Å². The summed E-state index contributed by atoms with van der Waals surface area (Å²) in [7, 11) is 0. The summed E-state index contributed by atoms with van der Waals surface area (Å²) in [5.41, 5.74) is 0.644. The van der Waals surface area contributed by atoms with Crippen molar-refractivity contribution in [3.8, 4) is 0 Å². The summed E-state index contributed by atoms with van der Waals surface area (Å²) in [6, 6.07) is 10.2. The van der Waals surface area contributed by atoms with Crippen LogP contribution in [0.25, 0.3) is 0 Å². The quantitative estimate of drug-likeness (QED) is 0.718. The molecule has 0 saturated heterocycles. The van der Waals surface area contributed by atoms with Crippen molar-refractivity contribution in [3.05, 3.63) is 35.9 Å². The fourth-order valence-electron chi connectivity index (χ4n) is 3.36. The van der Waals surface area contributed by atoms with Crippen molar-refractivity contribution >= 4 is 0 Å². The SMILES string of the molecule is OC1(c2ccccc2)C[C@H]2CCC[C@H]21. The molecule has 2 aliphatic rings. The fourth-order valence-corrected chi connectivity index (χ4v) is 3.36. The molecule has 74 valence electrons. The number of rotatable bonds is 1. The van der Waals surface area contributed by atoms with Crippen molar-refractivity contribution in [1.82, 2.24) is 0 Å². The van der Waals surface area contributed by atoms with E-state index in [9.17, 15) is 5.11 Å². The highest BCUT2D eigenvalue weighted by atomic mass is 16.3. The number of aliphatic hydroxyl groups is 1. The van der Waals surface area contributed by atoms with Crippen LogP contribution in [0.2, 0.25) is 0 Å². The maximum atomic E-state index is 10.6. The third kappa shape index (κ3) is 0.992. The first-order valence-corrected chi connectivity index (χ1v) is 5.58. The van der Waals surface area contributed by atoms with Crippen LogP contribution in [0.15, 0.2) is 30.3 Å². The normalized spacial score (nSPS) is 40.4. The molecule has 0 spiro atoms. The molecule has 0 bridgehead atoms. The van der Waals surface area contributed by atoms with Gasteiger partial charge in [-0.2, -0.15) is 0 Å². The van der Waals surface area contributed by atoms with Gasteiger partial charge < -0.3 is 5.11 Å². The number of benzene rings is 1. The lowest BCUT2D eigenvalue weighted by atomic mass is 9.60. The third-order valence-corrected chi connectivity index (χ3v) is 4.12. The smallest absolute Gasteiger partial charge is 0.0930 e. The zero-order valence-electron chi connectivity index (χ0n) is 8.32. The molecule has 2 fully saturated rings. The molecule has 0 radical (unpaired) electrons. The molecule has 1 aromatic carbocycles. The highest BCUT2D eigenvalue weighted by Crippen LogP contribution is 2.58. The van der Waals surface area contributed by atoms with Crippen LogP contribution in [0.3, 0.4) is 0 Å². The lowest BCUT2D eigenvalue weighted by molar-refractivity contribution is -0.132. The summed E-state index contributed by atoms with van der Waals surface area (Å²) in [5.74, 6) is 1.35. The molecule has 3 rings (SSSR count). The minimum Gasteiger partial charge on any atom is -0.385 e. The number of hydrogen-bond donors (Lipinski definition) is 1. The Balaban J connectivity index is 1.92. The van der Waals surface area contributed by atoms with Crippen LogP contribution in [0.1, 0.15) is 31.2 Å². The monoisotopic (exact) mass is 188 g/mol. The van der Waals surface area contributed by atoms with Gasteiger partial charge >= 0.3 is 0 Å². The third-order valence-electron chi connectivity index (χ3n) is 4.12. The lowest BCUT2D eigenvalue weighted by Gasteiger charge is -2.49. The van der Waals surface area contributed by atoms with Crippen LogP contribution in [0, 0.1) is 11.8 Å². The number of fused-ring (bicyclic) bond motifs is 1. The molecule has 1 heteroatoms. The minimum absolute atomic E-state index is 0.484. The van der Waals surface area contributed by atoms with Crippen molar-refractivity contribution in [2.45, 2.75) is 31.3 Å². The largest absolute Gasteiger partial charge is 0.385 e. The average molecular weight is 188 g/mol. The molecule has 1 unspecified atom stereocenters. The Kier molecular flexibility index (Phi) is 1.72. The van der Waals surface area contributed by atoms with Gasteiger partial charge in [-0.25, -0.2) is 0 Å². The van der Waals surface area contributed by atoms with E-state index in [1.54, 1.807) is 0 Å². The van der Waals surface area contributed by atoms with E-state index in [1.807, 2.05) is 18.2 Å². The van der Waals surface area contributed by atoms with Crippen LogP contribution in [-0.4, -0.2) is 5.11 Å². The van der Waals surface area contributed by atoms with Crippen molar-refractivity contribution in [2.75, 3.05) is 0 Å². The van der Waals surface area contributed by atoms with E-state index in [4.69, 9.17) is 0 Å². The lowest BCUT2D eigenvalue weighted by Crippen LogP contribution is -2.48. The van der Waals surface area contributed by atoms with E-state index >= 15 is 0 Å². The van der Waals surface area contributed by atoms with Gasteiger partial charge in [-0.15, -0.1) is 0 Å². The summed E-state index contributed by atoms with van der Waals surface area (Å²) in [5, 5.41) is 10.6. The first-order chi connectivity index (χ1) is 6.81. The standard InChI is InChI=1S/C13H16O/c14-13(11-6-2-1-3-7-11)9-10-5-4-8-12(10)13/h1-3,6-7,10,12,14H,4-5,8-9H2/t10-,12-,13?/m1/s1. The topological polar surface area (TPSA) is 20.2 Å². The molecule has 2 aliphatic carbocycles. The summed E-state index contributed by atoms with van der Waals surface area (Å²) in [6.07, 6.45) is 4.85. The molecule has 0 heterocycles. The molecule has 1 aromatic rings. The second-order valence-corrected chi connectivity index (χ2v) is 4.79. The highest BCUT2D eigenvalue weighted by Gasteiger charge is 2.55. The predicted molar refractivity (Wildman–Crippen MR) is 55.8 cm³/mol. The van der Waals surface area contributed by atoms with Gasteiger partial charge in [0.05, 0.1) is 5.60 Å². The molecule has 0 aliphatic heterocycles. The predicted octanol–water partition coefficient (Wildman–Crippen LogP) is 2.69. The minimum atomic E-state index is -0.484. The van der Waals surface area contributed by atoms with Gasteiger partial charge in [0.2, 0.25) is 0 Å². The Morgan fingerprint density at radius 3 is 2.64 bits per heavy atom. The van der Waals surface area contributed by atoms with Crippen LogP contribution in [-0.2, 0) is 5.60 Å². The first kappa shape index (κ1) is 8.49. The van der Waals surface area contributed by atoms with E-state index in [2.05, 4.69) is 12.1 Å². The molecular weight excluding hydrogens is 172 g/mol. The Labute approximate surface area is 84.8 Å². The van der Waals surface area contributed by atoms with Crippen LogP contribution in [0.4, 0.5) is 0 Å². The Morgan fingerprint density at radius 1 is 1.14 bits per heavy atom. The molecular formula is C13H16O. The molecule has 14 heavy (non-hydrogen) atoms. The van der Waals surface area contributed by atoms with E-state index in [1.165, 1.54) is 19.3 Å².